The molecule has 8 rings (SSSR count). The summed E-state index contributed by atoms with van der Waals surface area (Å²) in [6, 6.07) is 5.93. The Hall–Kier alpha value is -4.09. The van der Waals surface area contributed by atoms with Gasteiger partial charge in [-0.05, 0) is 65.9 Å². The van der Waals surface area contributed by atoms with E-state index < -0.39 is 31.1 Å². The molecular formula is C45H56F3N5O4Si. The quantitative estimate of drug-likeness (QED) is 0.114. The Morgan fingerprint density at radius 2 is 1.62 bits per heavy atom. The molecule has 4 aromatic rings. The molecule has 4 fully saturated rings. The number of phenolic OH excluding ortho intramolecular Hbond substituents is 1. The van der Waals surface area contributed by atoms with Crippen LogP contribution in [0.25, 0.3) is 32.8 Å². The van der Waals surface area contributed by atoms with Gasteiger partial charge in [-0.25, -0.2) is 13.2 Å². The fraction of sp³-hybridized carbons (Fsp3) is 0.556. The zero-order chi connectivity index (χ0) is 41.1. The summed E-state index contributed by atoms with van der Waals surface area (Å²) in [5, 5.41) is 15.4. The van der Waals surface area contributed by atoms with Crippen molar-refractivity contribution in [2.75, 3.05) is 64.6 Å². The monoisotopic (exact) mass is 815 g/mol. The number of morpholine rings is 1. The van der Waals surface area contributed by atoms with Gasteiger partial charge in [0.2, 0.25) is 0 Å². The van der Waals surface area contributed by atoms with Gasteiger partial charge in [-0.1, -0.05) is 53.5 Å². The molecule has 310 valence electrons. The van der Waals surface area contributed by atoms with E-state index in [1.54, 1.807) is 0 Å². The first kappa shape index (κ1) is 40.7. The van der Waals surface area contributed by atoms with Crippen LogP contribution >= 0.6 is 0 Å². The van der Waals surface area contributed by atoms with Crippen LogP contribution in [0.2, 0.25) is 16.6 Å². The number of anilines is 1. The second kappa shape index (κ2) is 15.8. The van der Waals surface area contributed by atoms with Gasteiger partial charge >= 0.3 is 6.01 Å². The molecule has 1 saturated carbocycles. The standard InChI is InChI=1S/C45H56F3N5O4Si/c1-26(2)58(27(3)4,28(5)6)19-12-33-35(46)11-8-29-20-32(54)21-34(36(29)33)37-39(47)41-38(42(55-7)40(37)48)43(53-22-30-9-10-31(23-53)49-30)51-44(50-41)57-25-45(13-14-45)24-52-15-17-56-18-16-52/h8,11,20-21,26-28,30-31,49,54H,9-10,13-18,22-25H2,1-7H3/t30-,31+. The van der Waals surface area contributed by atoms with Gasteiger partial charge in [0.25, 0.3) is 0 Å². The lowest BCUT2D eigenvalue weighted by Crippen LogP contribution is -2.51. The van der Waals surface area contributed by atoms with Crippen LogP contribution < -0.4 is 19.7 Å². The molecule has 2 bridgehead atoms. The number of aromatic nitrogens is 2. The Morgan fingerprint density at radius 1 is 0.948 bits per heavy atom. The van der Waals surface area contributed by atoms with Crippen LogP contribution in [0.1, 0.15) is 72.8 Å². The first-order chi connectivity index (χ1) is 27.7. The van der Waals surface area contributed by atoms with E-state index in [4.69, 9.17) is 19.2 Å². The molecule has 3 saturated heterocycles. The summed E-state index contributed by atoms with van der Waals surface area (Å²) in [6.07, 6.45) is 3.96. The van der Waals surface area contributed by atoms with Crippen molar-refractivity contribution >= 4 is 35.6 Å². The molecular weight excluding hydrogens is 760 g/mol. The molecule has 4 aliphatic rings. The highest BCUT2D eigenvalue weighted by molar-refractivity contribution is 6.90. The Bertz CT molecular complexity index is 2250. The second-order valence-electron chi connectivity index (χ2n) is 18.0. The van der Waals surface area contributed by atoms with Crippen LogP contribution in [-0.4, -0.2) is 99.8 Å². The number of piperazine rings is 1. The van der Waals surface area contributed by atoms with E-state index in [0.717, 1.165) is 45.3 Å². The van der Waals surface area contributed by atoms with E-state index >= 15 is 13.2 Å². The van der Waals surface area contributed by atoms with Gasteiger partial charge in [0, 0.05) is 61.2 Å². The summed E-state index contributed by atoms with van der Waals surface area (Å²) in [5.41, 5.74) is 3.63. The number of rotatable bonds is 11. The molecule has 4 heterocycles. The lowest BCUT2D eigenvalue weighted by Gasteiger charge is -2.38. The third-order valence-electron chi connectivity index (χ3n) is 13.4. The number of ether oxygens (including phenoxy) is 3. The van der Waals surface area contributed by atoms with Crippen LogP contribution in [-0.2, 0) is 4.74 Å². The highest BCUT2D eigenvalue weighted by Gasteiger charge is 2.46. The highest BCUT2D eigenvalue weighted by atomic mass is 28.3. The summed E-state index contributed by atoms with van der Waals surface area (Å²) < 4.78 is 69.1. The minimum atomic E-state index is -2.36. The summed E-state index contributed by atoms with van der Waals surface area (Å²) in [7, 11) is -1.02. The summed E-state index contributed by atoms with van der Waals surface area (Å²) in [6.45, 7) is 18.5. The van der Waals surface area contributed by atoms with Gasteiger partial charge in [0.15, 0.2) is 17.4 Å². The lowest BCUT2D eigenvalue weighted by atomic mass is 9.92. The van der Waals surface area contributed by atoms with Crippen molar-refractivity contribution in [3.63, 3.8) is 0 Å². The van der Waals surface area contributed by atoms with Crippen molar-refractivity contribution in [3.8, 4) is 40.1 Å². The second-order valence-corrected chi connectivity index (χ2v) is 23.6. The Kier molecular flexibility index (Phi) is 11.1. The Morgan fingerprint density at radius 3 is 2.24 bits per heavy atom. The molecule has 2 N–H and O–H groups in total. The van der Waals surface area contributed by atoms with Crippen LogP contribution in [0.3, 0.4) is 0 Å². The Labute approximate surface area is 340 Å². The molecule has 0 amide bonds. The molecule has 9 nitrogen and oxygen atoms in total. The van der Waals surface area contributed by atoms with Crippen LogP contribution in [0.4, 0.5) is 19.0 Å². The van der Waals surface area contributed by atoms with Crippen LogP contribution in [0.5, 0.6) is 17.5 Å². The third-order valence-corrected chi connectivity index (χ3v) is 19.7. The van der Waals surface area contributed by atoms with Gasteiger partial charge in [0.1, 0.15) is 31.0 Å². The number of hydrogen-bond donors (Lipinski definition) is 2. The molecule has 3 aromatic carbocycles. The smallest absolute Gasteiger partial charge is 0.319 e. The fourth-order valence-electron chi connectivity index (χ4n) is 10.3. The van der Waals surface area contributed by atoms with Crippen molar-refractivity contribution in [2.24, 2.45) is 5.41 Å². The van der Waals surface area contributed by atoms with E-state index in [9.17, 15) is 5.11 Å². The molecule has 0 unspecified atom stereocenters. The minimum Gasteiger partial charge on any atom is -0.508 e. The molecule has 58 heavy (non-hydrogen) atoms. The number of phenols is 1. The normalized spacial score (nSPS) is 20.7. The summed E-state index contributed by atoms with van der Waals surface area (Å²) in [4.78, 5) is 14.0. The maximum Gasteiger partial charge on any atom is 0.319 e. The number of fused-ring (bicyclic) bond motifs is 4. The van der Waals surface area contributed by atoms with Gasteiger partial charge in [-0.2, -0.15) is 9.97 Å². The molecule has 2 atom stereocenters. The number of halogens is 3. The van der Waals surface area contributed by atoms with Crippen molar-refractivity contribution in [1.82, 2.24) is 20.2 Å². The first-order valence-electron chi connectivity index (χ1n) is 20.9. The van der Waals surface area contributed by atoms with E-state index in [2.05, 4.69) is 73.1 Å². The van der Waals surface area contributed by atoms with Crippen molar-refractivity contribution < 1.29 is 32.5 Å². The van der Waals surface area contributed by atoms with Crippen molar-refractivity contribution in [3.05, 3.63) is 47.3 Å². The van der Waals surface area contributed by atoms with E-state index in [1.807, 2.05) is 0 Å². The zero-order valence-corrected chi connectivity index (χ0v) is 35.8. The van der Waals surface area contributed by atoms with E-state index in [0.29, 0.717) is 44.1 Å². The van der Waals surface area contributed by atoms with Crippen LogP contribution in [0, 0.1) is 34.3 Å². The number of aromatic hydroxyl groups is 1. The molecule has 0 spiro atoms. The maximum absolute atomic E-state index is 17.7. The van der Waals surface area contributed by atoms with E-state index in [1.165, 1.54) is 31.4 Å². The van der Waals surface area contributed by atoms with E-state index in [-0.39, 0.29) is 79.0 Å². The average molecular weight is 816 g/mol. The molecule has 0 radical (unpaired) electrons. The molecule has 1 aromatic heterocycles. The van der Waals surface area contributed by atoms with Crippen LogP contribution in [0.15, 0.2) is 24.3 Å². The van der Waals surface area contributed by atoms with Gasteiger partial charge in [-0.15, -0.1) is 5.54 Å². The Balaban J connectivity index is 1.32. The maximum atomic E-state index is 17.7. The predicted octanol–water partition coefficient (Wildman–Crippen LogP) is 8.58. The SMILES string of the molecule is COc1c(F)c(-c2cc(O)cc3ccc(F)c(C#C[Si](C(C)C)(C(C)C)C(C)C)c23)c(F)c2nc(OCC3(CN4CCOCC4)CC3)nc(N3C[C@H]4CC[C@@H](C3)N4)c12. The molecule has 1 aliphatic carbocycles. The number of nitrogens with zero attached hydrogens (tertiary/aromatic N) is 4. The third kappa shape index (κ3) is 7.28. The lowest BCUT2D eigenvalue weighted by molar-refractivity contribution is 0.0231. The number of benzene rings is 3. The van der Waals surface area contributed by atoms with Gasteiger partial charge in [-0.3, -0.25) is 4.90 Å². The highest BCUT2D eigenvalue weighted by Crippen LogP contribution is 2.49. The number of nitrogens with one attached hydrogen (secondary N) is 1. The summed E-state index contributed by atoms with van der Waals surface area (Å²) in [5.74, 6) is 0.491. The number of methoxy groups -OCH3 is 1. The van der Waals surface area contributed by atoms with Gasteiger partial charge < -0.3 is 29.5 Å². The van der Waals surface area contributed by atoms with Crippen molar-refractivity contribution in [1.29, 1.82) is 0 Å². The minimum absolute atomic E-state index is 0.00383. The first-order valence-corrected chi connectivity index (χ1v) is 23.2. The average Bonchev–Trinajstić information content (AvgIpc) is 3.87. The van der Waals surface area contributed by atoms with Crippen molar-refractivity contribution in [2.45, 2.75) is 95.9 Å². The topological polar surface area (TPSA) is 92.2 Å². The number of hydrogen-bond acceptors (Lipinski definition) is 9. The largest absolute Gasteiger partial charge is 0.508 e. The predicted molar refractivity (Wildman–Crippen MR) is 225 cm³/mol. The summed E-state index contributed by atoms with van der Waals surface area (Å²) >= 11 is 0. The fourth-order valence-corrected chi connectivity index (χ4v) is 15.5. The molecule has 3 aliphatic heterocycles. The zero-order valence-electron chi connectivity index (χ0n) is 34.8. The van der Waals surface area contributed by atoms with Gasteiger partial charge in [0.05, 0.1) is 43.4 Å². The molecule has 13 heteroatoms.